The number of rotatable bonds is 5. The Morgan fingerprint density at radius 2 is 2.04 bits per heavy atom. The molecular weight excluding hydrogens is 378 g/mol. The van der Waals surface area contributed by atoms with E-state index in [2.05, 4.69) is 14.8 Å². The minimum Gasteiger partial charge on any atom is -0.433 e. The minimum atomic E-state index is -2.97. The molecule has 0 saturated carbocycles. The summed E-state index contributed by atoms with van der Waals surface area (Å²) in [5, 5.41) is 4.34. The molecule has 6 nitrogen and oxygen atoms in total. The number of halogens is 3. The number of nitrogens with zero attached hydrogens (tertiary/aromatic N) is 4. The fourth-order valence-corrected chi connectivity index (χ4v) is 3.07. The molecule has 1 saturated heterocycles. The molecule has 0 aliphatic carbocycles. The highest BCUT2D eigenvalue weighted by Crippen LogP contribution is 2.32. The van der Waals surface area contributed by atoms with E-state index < -0.39 is 6.61 Å². The van der Waals surface area contributed by atoms with Gasteiger partial charge in [0.2, 0.25) is 5.91 Å². The number of hydrogen-bond acceptors (Lipinski definition) is 4. The van der Waals surface area contributed by atoms with Crippen LogP contribution in [-0.2, 0) is 11.3 Å². The number of pyridine rings is 1. The van der Waals surface area contributed by atoms with Gasteiger partial charge in [0.1, 0.15) is 17.8 Å². The van der Waals surface area contributed by atoms with Crippen LogP contribution in [0.2, 0.25) is 5.02 Å². The monoisotopic (exact) mass is 392 g/mol. The van der Waals surface area contributed by atoms with E-state index in [0.29, 0.717) is 22.2 Å². The van der Waals surface area contributed by atoms with Crippen molar-refractivity contribution < 1.29 is 18.3 Å². The Morgan fingerprint density at radius 1 is 1.22 bits per heavy atom. The first kappa shape index (κ1) is 17.7. The summed E-state index contributed by atoms with van der Waals surface area (Å²) in [5.74, 6) is -0.0958. The molecule has 4 rings (SSSR count). The lowest BCUT2D eigenvalue weighted by atomic mass is 10.1. The molecule has 0 atom stereocenters. The third-order valence-corrected chi connectivity index (χ3v) is 4.78. The number of likely N-dealkylation sites (tertiary alicyclic amines) is 1. The van der Waals surface area contributed by atoms with Crippen molar-refractivity contribution in [3.8, 4) is 16.9 Å². The Morgan fingerprint density at radius 3 is 2.74 bits per heavy atom. The standard InChI is InChI=1S/C18H15ClF2N4O2/c19-13-3-2-11(7-16(13)27-18(20)21)12-6-15-14(22-8-12)9-23-25(15)10-17(26)24-4-1-5-24/h2-3,6-9,18H,1,4-5,10H2. The number of benzene rings is 1. The van der Waals surface area contributed by atoms with Crippen molar-refractivity contribution in [2.24, 2.45) is 0 Å². The molecule has 2 aromatic heterocycles. The average molecular weight is 393 g/mol. The maximum atomic E-state index is 12.5. The molecule has 0 bridgehead atoms. The molecule has 1 aliphatic rings. The van der Waals surface area contributed by atoms with Crippen LogP contribution in [0, 0.1) is 0 Å². The number of fused-ring (bicyclic) bond motifs is 1. The van der Waals surface area contributed by atoms with Gasteiger partial charge in [0, 0.05) is 24.8 Å². The van der Waals surface area contributed by atoms with E-state index >= 15 is 0 Å². The topological polar surface area (TPSA) is 60.3 Å². The number of carbonyl (C=O) groups is 1. The highest BCUT2D eigenvalue weighted by Gasteiger charge is 2.21. The lowest BCUT2D eigenvalue weighted by Crippen LogP contribution is -2.43. The van der Waals surface area contributed by atoms with Crippen LogP contribution in [0.4, 0.5) is 8.78 Å². The second-order valence-electron chi connectivity index (χ2n) is 6.19. The molecule has 0 N–H and O–H groups in total. The highest BCUT2D eigenvalue weighted by molar-refractivity contribution is 6.32. The van der Waals surface area contributed by atoms with Crippen LogP contribution in [0.1, 0.15) is 6.42 Å². The van der Waals surface area contributed by atoms with Gasteiger partial charge in [-0.25, -0.2) is 0 Å². The Labute approximate surface area is 158 Å². The fraction of sp³-hybridized carbons (Fsp3) is 0.278. The fourth-order valence-electron chi connectivity index (χ4n) is 2.90. The van der Waals surface area contributed by atoms with Gasteiger partial charge >= 0.3 is 6.61 Å². The van der Waals surface area contributed by atoms with Gasteiger partial charge in [0.25, 0.3) is 0 Å². The van der Waals surface area contributed by atoms with Gasteiger partial charge < -0.3 is 9.64 Å². The number of hydrogen-bond donors (Lipinski definition) is 0. The maximum absolute atomic E-state index is 12.5. The van der Waals surface area contributed by atoms with Gasteiger partial charge in [-0.05, 0) is 30.2 Å². The molecule has 0 radical (unpaired) electrons. The van der Waals surface area contributed by atoms with Crippen molar-refractivity contribution in [1.82, 2.24) is 19.7 Å². The molecule has 0 unspecified atom stereocenters. The molecule has 3 heterocycles. The van der Waals surface area contributed by atoms with E-state index in [1.54, 1.807) is 28.0 Å². The Hall–Kier alpha value is -2.74. The first-order valence-corrected chi connectivity index (χ1v) is 8.73. The van der Waals surface area contributed by atoms with Gasteiger partial charge in [0.15, 0.2) is 0 Å². The summed E-state index contributed by atoms with van der Waals surface area (Å²) in [6.45, 7) is -1.28. The molecular formula is C18H15ClF2N4O2. The molecule has 27 heavy (non-hydrogen) atoms. The molecule has 1 amide bonds. The second kappa shape index (κ2) is 7.11. The minimum absolute atomic E-state index is 0.00997. The van der Waals surface area contributed by atoms with Crippen LogP contribution in [0.15, 0.2) is 36.7 Å². The van der Waals surface area contributed by atoms with Gasteiger partial charge in [-0.1, -0.05) is 17.7 Å². The molecule has 9 heteroatoms. The second-order valence-corrected chi connectivity index (χ2v) is 6.60. The summed E-state index contributed by atoms with van der Waals surface area (Å²) in [5.41, 5.74) is 2.63. The zero-order chi connectivity index (χ0) is 19.0. The first-order valence-electron chi connectivity index (χ1n) is 8.35. The number of aromatic nitrogens is 3. The van der Waals surface area contributed by atoms with Crippen molar-refractivity contribution in [3.05, 3.63) is 41.7 Å². The summed E-state index contributed by atoms with van der Waals surface area (Å²) in [6, 6.07) is 6.43. The first-order chi connectivity index (χ1) is 13.0. The third-order valence-electron chi connectivity index (χ3n) is 4.47. The van der Waals surface area contributed by atoms with Crippen molar-refractivity contribution in [1.29, 1.82) is 0 Å². The van der Waals surface area contributed by atoms with Crippen molar-refractivity contribution in [2.75, 3.05) is 13.1 Å². The number of ether oxygens (including phenoxy) is 1. The van der Waals surface area contributed by atoms with E-state index in [1.807, 2.05) is 6.07 Å². The molecule has 1 aromatic carbocycles. The van der Waals surface area contributed by atoms with Crippen LogP contribution in [0.3, 0.4) is 0 Å². The van der Waals surface area contributed by atoms with E-state index in [9.17, 15) is 13.6 Å². The smallest absolute Gasteiger partial charge is 0.387 e. The lowest BCUT2D eigenvalue weighted by Gasteiger charge is -2.30. The Bertz CT molecular complexity index is 1000. The molecule has 140 valence electrons. The Balaban J connectivity index is 1.66. The lowest BCUT2D eigenvalue weighted by molar-refractivity contribution is -0.135. The number of amides is 1. The SMILES string of the molecule is O=C(Cn1ncc2ncc(-c3ccc(Cl)c(OC(F)F)c3)cc21)N1CCC1. The van der Waals surface area contributed by atoms with Crippen LogP contribution < -0.4 is 4.74 Å². The summed E-state index contributed by atoms with van der Waals surface area (Å²) in [4.78, 5) is 18.3. The van der Waals surface area contributed by atoms with Crippen LogP contribution in [-0.4, -0.2) is 45.3 Å². The molecule has 0 spiro atoms. The van der Waals surface area contributed by atoms with Crippen molar-refractivity contribution in [2.45, 2.75) is 19.6 Å². The van der Waals surface area contributed by atoms with E-state index in [-0.39, 0.29) is 23.2 Å². The summed E-state index contributed by atoms with van der Waals surface area (Å²) < 4.78 is 31.1. The summed E-state index contributed by atoms with van der Waals surface area (Å²) >= 11 is 5.91. The normalized spacial score (nSPS) is 13.9. The number of carbonyl (C=O) groups excluding carboxylic acids is 1. The predicted octanol–water partition coefficient (Wildman–Crippen LogP) is 3.59. The van der Waals surface area contributed by atoms with E-state index in [4.69, 9.17) is 11.6 Å². The highest BCUT2D eigenvalue weighted by atomic mass is 35.5. The van der Waals surface area contributed by atoms with E-state index in [1.165, 1.54) is 12.1 Å². The maximum Gasteiger partial charge on any atom is 0.387 e. The van der Waals surface area contributed by atoms with Gasteiger partial charge in [-0.3, -0.25) is 14.5 Å². The molecule has 3 aromatic rings. The van der Waals surface area contributed by atoms with Gasteiger partial charge in [-0.15, -0.1) is 0 Å². The largest absolute Gasteiger partial charge is 0.433 e. The third kappa shape index (κ3) is 3.57. The summed E-state index contributed by atoms with van der Waals surface area (Å²) in [6.07, 6.45) is 4.23. The van der Waals surface area contributed by atoms with Crippen LogP contribution in [0.5, 0.6) is 5.75 Å². The average Bonchev–Trinajstić information content (AvgIpc) is 2.97. The van der Waals surface area contributed by atoms with Gasteiger partial charge in [-0.2, -0.15) is 13.9 Å². The van der Waals surface area contributed by atoms with Crippen LogP contribution >= 0.6 is 11.6 Å². The zero-order valence-electron chi connectivity index (χ0n) is 14.1. The van der Waals surface area contributed by atoms with Crippen LogP contribution in [0.25, 0.3) is 22.2 Å². The predicted molar refractivity (Wildman–Crippen MR) is 95.8 cm³/mol. The van der Waals surface area contributed by atoms with E-state index in [0.717, 1.165) is 19.5 Å². The zero-order valence-corrected chi connectivity index (χ0v) is 14.9. The van der Waals surface area contributed by atoms with Gasteiger partial charge in [0.05, 0.1) is 16.7 Å². The summed E-state index contributed by atoms with van der Waals surface area (Å²) in [7, 11) is 0. The number of alkyl halides is 2. The van der Waals surface area contributed by atoms with Crippen molar-refractivity contribution >= 4 is 28.5 Å². The quantitative estimate of drug-likeness (QED) is 0.665. The Kier molecular flexibility index (Phi) is 4.65. The molecule has 1 aliphatic heterocycles. The molecule has 1 fully saturated rings. The van der Waals surface area contributed by atoms with Crippen molar-refractivity contribution in [3.63, 3.8) is 0 Å².